The maximum atomic E-state index is 14.5. The highest BCUT2D eigenvalue weighted by Crippen LogP contribution is 2.40. The lowest BCUT2D eigenvalue weighted by atomic mass is 9.71. The molecule has 0 spiro atoms. The molecule has 2 aliphatic carbocycles. The van der Waals surface area contributed by atoms with Gasteiger partial charge >= 0.3 is 6.03 Å². The third kappa shape index (κ3) is 9.85. The van der Waals surface area contributed by atoms with Crippen molar-refractivity contribution in [1.82, 2.24) is 20.9 Å². The maximum absolute atomic E-state index is 14.5. The SMILES string of the molecule is CC1CN(C(=O)[C@@H](NC(=O)NC2(CCS(=O)(=O)c3ccccc3)CCCCC2)C(C)(C)C)[C@H](C(=O)NC(CC2CC2)C(=O)C(N)=O)CC1(C)C. The van der Waals surface area contributed by atoms with E-state index in [-0.39, 0.29) is 40.9 Å². The lowest BCUT2D eigenvalue weighted by molar-refractivity contribution is -0.151. The van der Waals surface area contributed by atoms with Gasteiger partial charge in [-0.1, -0.05) is 91.8 Å². The van der Waals surface area contributed by atoms with Gasteiger partial charge < -0.3 is 26.6 Å². The van der Waals surface area contributed by atoms with Crippen LogP contribution < -0.4 is 21.7 Å². The standard InChI is InChI=1S/C37H57N5O7S/c1-24-23-42(28(22-36(24,5)6)32(45)39-27(21-25-15-16-25)29(43)31(38)44)33(46)30(35(2,3)4)40-34(47)41-37(17-11-8-12-18-37)19-20-50(48,49)26-13-9-7-10-14-26/h7,9-10,13-14,24-25,27-28,30H,8,11-12,15-23H2,1-6H3,(H2,38,44)(H,39,45)(H2,40,41,47)/t24?,27?,28-,30+/m0/s1. The quantitative estimate of drug-likeness (QED) is 0.223. The number of benzene rings is 1. The summed E-state index contributed by atoms with van der Waals surface area (Å²) >= 11 is 0. The van der Waals surface area contributed by atoms with E-state index < -0.39 is 68.5 Å². The molecule has 1 heterocycles. The van der Waals surface area contributed by atoms with Crippen LogP contribution in [-0.2, 0) is 29.0 Å². The van der Waals surface area contributed by atoms with Gasteiger partial charge in [0.15, 0.2) is 9.84 Å². The summed E-state index contributed by atoms with van der Waals surface area (Å²) in [6, 6.07) is 4.66. The molecule has 0 radical (unpaired) electrons. The van der Waals surface area contributed by atoms with Crippen molar-refractivity contribution in [2.75, 3.05) is 12.3 Å². The van der Waals surface area contributed by atoms with Crippen molar-refractivity contribution in [1.29, 1.82) is 0 Å². The van der Waals surface area contributed by atoms with Gasteiger partial charge in [0.2, 0.25) is 17.6 Å². The van der Waals surface area contributed by atoms with Crippen LogP contribution >= 0.6 is 0 Å². The number of nitrogens with two attached hydrogens (primary N) is 1. The van der Waals surface area contributed by atoms with Gasteiger partial charge in [-0.3, -0.25) is 19.2 Å². The predicted molar refractivity (Wildman–Crippen MR) is 190 cm³/mol. The number of nitrogens with zero attached hydrogens (tertiary/aromatic N) is 1. The third-order valence-electron chi connectivity index (χ3n) is 11.2. The Kier molecular flexibility index (Phi) is 12.1. The Hall–Kier alpha value is -3.48. The van der Waals surface area contributed by atoms with Gasteiger partial charge in [-0.15, -0.1) is 0 Å². The van der Waals surface area contributed by atoms with Crippen LogP contribution in [0.3, 0.4) is 0 Å². The number of rotatable bonds is 13. The molecule has 4 rings (SSSR count). The van der Waals surface area contributed by atoms with E-state index >= 15 is 0 Å². The van der Waals surface area contributed by atoms with Crippen LogP contribution in [-0.4, -0.2) is 78.8 Å². The minimum absolute atomic E-state index is 0.0107. The number of carbonyl (C=O) groups is 5. The van der Waals surface area contributed by atoms with Crippen molar-refractivity contribution < 1.29 is 32.4 Å². The van der Waals surface area contributed by atoms with Crippen LogP contribution in [0.2, 0.25) is 0 Å². The molecule has 12 nitrogen and oxygen atoms in total. The van der Waals surface area contributed by atoms with Gasteiger partial charge in [0.25, 0.3) is 5.91 Å². The van der Waals surface area contributed by atoms with Gasteiger partial charge in [0.05, 0.1) is 16.7 Å². The molecule has 5 amide bonds. The predicted octanol–water partition coefficient (Wildman–Crippen LogP) is 3.87. The number of likely N-dealkylation sites (tertiary alicyclic amines) is 1. The minimum Gasteiger partial charge on any atom is -0.363 e. The van der Waals surface area contributed by atoms with E-state index in [1.807, 2.05) is 41.5 Å². The molecular formula is C37H57N5O7S. The highest BCUT2D eigenvalue weighted by molar-refractivity contribution is 7.91. The molecule has 278 valence electrons. The average molecular weight is 716 g/mol. The van der Waals surface area contributed by atoms with Crippen LogP contribution in [0.15, 0.2) is 35.2 Å². The summed E-state index contributed by atoms with van der Waals surface area (Å²) in [5, 5.41) is 8.78. The van der Waals surface area contributed by atoms with E-state index in [1.54, 1.807) is 30.3 Å². The molecule has 0 bridgehead atoms. The van der Waals surface area contributed by atoms with E-state index in [0.717, 1.165) is 32.1 Å². The molecule has 3 aliphatic rings. The summed E-state index contributed by atoms with van der Waals surface area (Å²) in [5.74, 6) is -2.82. The zero-order chi connectivity index (χ0) is 37.1. The molecule has 50 heavy (non-hydrogen) atoms. The van der Waals surface area contributed by atoms with E-state index in [0.29, 0.717) is 25.7 Å². The lowest BCUT2D eigenvalue weighted by Crippen LogP contribution is -2.66. The van der Waals surface area contributed by atoms with Crippen LogP contribution in [0.25, 0.3) is 0 Å². The van der Waals surface area contributed by atoms with Crippen LogP contribution in [0, 0.1) is 22.7 Å². The number of urea groups is 1. The van der Waals surface area contributed by atoms with Crippen LogP contribution in [0.4, 0.5) is 4.79 Å². The second-order valence-corrected chi connectivity index (χ2v) is 18.8. The Morgan fingerprint density at radius 2 is 1.60 bits per heavy atom. The van der Waals surface area contributed by atoms with Crippen LogP contribution in [0.1, 0.15) is 106 Å². The van der Waals surface area contributed by atoms with Crippen molar-refractivity contribution in [3.05, 3.63) is 30.3 Å². The first-order valence-corrected chi connectivity index (χ1v) is 19.7. The average Bonchev–Trinajstić information content (AvgIpc) is 3.87. The number of ketones is 1. The fraction of sp³-hybridized carbons (Fsp3) is 0.703. The largest absolute Gasteiger partial charge is 0.363 e. The molecule has 3 fully saturated rings. The molecule has 5 N–H and O–H groups in total. The summed E-state index contributed by atoms with van der Waals surface area (Å²) in [4.78, 5) is 68.6. The molecule has 2 unspecified atom stereocenters. The van der Waals surface area contributed by atoms with Gasteiger partial charge in [-0.2, -0.15) is 0 Å². The van der Waals surface area contributed by atoms with Gasteiger partial charge in [-0.05, 0) is 66.9 Å². The number of hydrogen-bond donors (Lipinski definition) is 4. The normalized spacial score (nSPS) is 23.2. The second-order valence-electron chi connectivity index (χ2n) is 16.7. The first-order valence-electron chi connectivity index (χ1n) is 18.1. The Morgan fingerprint density at radius 1 is 0.980 bits per heavy atom. The van der Waals surface area contributed by atoms with Crippen molar-refractivity contribution in [2.45, 2.75) is 134 Å². The Balaban J connectivity index is 1.54. The molecular weight excluding hydrogens is 659 g/mol. The number of Topliss-reactive ketones (excluding diaryl/α,β-unsaturated/α-hetero) is 1. The monoisotopic (exact) mass is 715 g/mol. The smallest absolute Gasteiger partial charge is 0.315 e. The van der Waals surface area contributed by atoms with E-state index in [2.05, 4.69) is 16.0 Å². The molecule has 13 heteroatoms. The number of nitrogens with one attached hydrogen (secondary N) is 3. The summed E-state index contributed by atoms with van der Waals surface area (Å²) < 4.78 is 26.3. The van der Waals surface area contributed by atoms with Crippen molar-refractivity contribution in [3.8, 4) is 0 Å². The van der Waals surface area contributed by atoms with Gasteiger partial charge in [0, 0.05) is 12.1 Å². The van der Waals surface area contributed by atoms with Crippen molar-refractivity contribution >= 4 is 39.4 Å². The third-order valence-corrected chi connectivity index (χ3v) is 12.9. The fourth-order valence-corrected chi connectivity index (χ4v) is 8.75. The fourth-order valence-electron chi connectivity index (χ4n) is 7.28. The second kappa shape index (κ2) is 15.4. The Morgan fingerprint density at radius 3 is 2.16 bits per heavy atom. The van der Waals surface area contributed by atoms with Crippen LogP contribution in [0.5, 0.6) is 0 Å². The summed E-state index contributed by atoms with van der Waals surface area (Å²) in [6.07, 6.45) is 6.57. The number of hydrogen-bond acceptors (Lipinski definition) is 7. The topological polar surface area (TPSA) is 185 Å². The van der Waals surface area contributed by atoms with E-state index in [9.17, 15) is 32.4 Å². The van der Waals surface area contributed by atoms with Gasteiger partial charge in [0.1, 0.15) is 12.1 Å². The minimum atomic E-state index is -3.58. The van der Waals surface area contributed by atoms with Crippen molar-refractivity contribution in [2.24, 2.45) is 28.4 Å². The number of amides is 5. The molecule has 4 atom stereocenters. The number of carbonyl (C=O) groups excluding carboxylic acids is 5. The van der Waals surface area contributed by atoms with E-state index in [4.69, 9.17) is 5.73 Å². The summed E-state index contributed by atoms with van der Waals surface area (Å²) in [7, 11) is -3.58. The number of primary amides is 1. The number of piperidine rings is 1. The Bertz CT molecular complexity index is 1530. The molecule has 1 aliphatic heterocycles. The van der Waals surface area contributed by atoms with Crippen molar-refractivity contribution in [3.63, 3.8) is 0 Å². The zero-order valence-corrected chi connectivity index (χ0v) is 31.4. The summed E-state index contributed by atoms with van der Waals surface area (Å²) in [6.45, 7) is 11.8. The molecule has 0 aromatic heterocycles. The molecule has 1 aromatic rings. The molecule has 2 saturated carbocycles. The highest BCUT2D eigenvalue weighted by atomic mass is 32.2. The lowest BCUT2D eigenvalue weighted by Gasteiger charge is -2.49. The number of sulfone groups is 1. The summed E-state index contributed by atoms with van der Waals surface area (Å²) in [5.41, 5.74) is 3.47. The molecule has 1 aromatic carbocycles. The first kappa shape index (κ1) is 39.3. The highest BCUT2D eigenvalue weighted by Gasteiger charge is 2.48. The molecule has 1 saturated heterocycles. The Labute approximate surface area is 297 Å². The van der Waals surface area contributed by atoms with E-state index in [1.165, 1.54) is 4.90 Å². The van der Waals surface area contributed by atoms with Gasteiger partial charge in [-0.25, -0.2) is 13.2 Å². The zero-order valence-electron chi connectivity index (χ0n) is 30.5. The maximum Gasteiger partial charge on any atom is 0.315 e. The first-order chi connectivity index (χ1) is 23.2.